The van der Waals surface area contributed by atoms with Gasteiger partial charge in [-0.2, -0.15) is 0 Å². The lowest BCUT2D eigenvalue weighted by Gasteiger charge is -2.17. The van der Waals surface area contributed by atoms with Crippen LogP contribution < -0.4 is 4.74 Å². The maximum absolute atomic E-state index is 8.89. The number of aliphatic hydroxyl groups is 1. The molecule has 1 rings (SSSR count). The number of hydrogen-bond acceptors (Lipinski definition) is 2. The second-order valence-electron chi connectivity index (χ2n) is 4.16. The zero-order chi connectivity index (χ0) is 12.1. The Balaban J connectivity index is 3.15. The summed E-state index contributed by atoms with van der Waals surface area (Å²) in [6.45, 7) is 4.47. The van der Waals surface area contributed by atoms with E-state index < -0.39 is 0 Å². The second-order valence-corrected chi connectivity index (χ2v) is 4.60. The van der Waals surface area contributed by atoms with Crippen molar-refractivity contribution in [3.8, 4) is 5.75 Å². The highest BCUT2D eigenvalue weighted by Crippen LogP contribution is 2.33. The molecule has 0 aliphatic rings. The summed E-state index contributed by atoms with van der Waals surface area (Å²) in [6, 6.07) is 3.81. The molecule has 2 nitrogen and oxygen atoms in total. The normalized spacial score (nSPS) is 10.9. The number of benzene rings is 1. The average Bonchev–Trinajstić information content (AvgIpc) is 2.24. The Bertz CT molecular complexity index is 348. The molecule has 0 fully saturated rings. The molecule has 0 spiro atoms. The number of ether oxygens (including phenoxy) is 1. The predicted molar refractivity (Wildman–Crippen MR) is 67.5 cm³/mol. The first kappa shape index (κ1) is 13.3. The van der Waals surface area contributed by atoms with Crippen molar-refractivity contribution >= 4 is 11.6 Å². The van der Waals surface area contributed by atoms with Gasteiger partial charge in [0.1, 0.15) is 5.75 Å². The highest BCUT2D eigenvalue weighted by molar-refractivity contribution is 6.30. The number of methoxy groups -OCH3 is 1. The van der Waals surface area contributed by atoms with E-state index in [4.69, 9.17) is 21.4 Å². The Morgan fingerprint density at radius 1 is 1.38 bits per heavy atom. The number of hydrogen-bond donors (Lipinski definition) is 1. The van der Waals surface area contributed by atoms with E-state index in [-0.39, 0.29) is 6.61 Å². The quantitative estimate of drug-likeness (QED) is 0.858. The van der Waals surface area contributed by atoms with Crippen molar-refractivity contribution in [2.75, 3.05) is 13.7 Å². The highest BCUT2D eigenvalue weighted by atomic mass is 35.5. The molecule has 1 aromatic rings. The number of aliphatic hydroxyl groups excluding tert-OH is 1. The minimum Gasteiger partial charge on any atom is -0.496 e. The van der Waals surface area contributed by atoms with Gasteiger partial charge in [-0.05, 0) is 42.0 Å². The van der Waals surface area contributed by atoms with E-state index >= 15 is 0 Å². The van der Waals surface area contributed by atoms with Gasteiger partial charge in [-0.25, -0.2) is 0 Å². The third kappa shape index (κ3) is 3.13. The zero-order valence-corrected chi connectivity index (χ0v) is 10.8. The molecule has 0 saturated heterocycles. The Hall–Kier alpha value is -0.730. The summed E-state index contributed by atoms with van der Waals surface area (Å²) >= 11 is 6.04. The summed E-state index contributed by atoms with van der Waals surface area (Å²) in [5, 5.41) is 9.58. The Morgan fingerprint density at radius 3 is 2.56 bits per heavy atom. The van der Waals surface area contributed by atoms with Crippen LogP contribution in [0.25, 0.3) is 0 Å². The smallest absolute Gasteiger partial charge is 0.124 e. The third-order valence-corrected chi connectivity index (χ3v) is 2.81. The number of rotatable bonds is 5. The molecule has 0 unspecified atom stereocenters. The molecule has 0 bridgehead atoms. The van der Waals surface area contributed by atoms with Crippen molar-refractivity contribution in [3.05, 3.63) is 28.3 Å². The first-order valence-electron chi connectivity index (χ1n) is 5.57. The van der Waals surface area contributed by atoms with Crippen molar-refractivity contribution in [2.24, 2.45) is 0 Å². The molecular formula is C13H19ClO2. The van der Waals surface area contributed by atoms with Gasteiger partial charge in [0.05, 0.1) is 7.11 Å². The Labute approximate surface area is 102 Å². The summed E-state index contributed by atoms with van der Waals surface area (Å²) in [5.41, 5.74) is 2.37. The van der Waals surface area contributed by atoms with E-state index in [0.717, 1.165) is 18.6 Å². The highest BCUT2D eigenvalue weighted by Gasteiger charge is 2.14. The van der Waals surface area contributed by atoms with Gasteiger partial charge in [0.2, 0.25) is 0 Å². The number of halogens is 1. The molecule has 0 aliphatic heterocycles. The SMILES string of the molecule is COc1cc(Cl)cc(CCCO)c1C(C)C. The van der Waals surface area contributed by atoms with Crippen LogP contribution in [0.4, 0.5) is 0 Å². The molecule has 1 aromatic carbocycles. The molecule has 90 valence electrons. The van der Waals surface area contributed by atoms with Crippen LogP contribution in [-0.2, 0) is 6.42 Å². The lowest BCUT2D eigenvalue weighted by atomic mass is 9.93. The monoisotopic (exact) mass is 242 g/mol. The van der Waals surface area contributed by atoms with Crippen LogP contribution in [0.5, 0.6) is 5.75 Å². The zero-order valence-electron chi connectivity index (χ0n) is 10.1. The molecule has 0 atom stereocenters. The minimum absolute atomic E-state index is 0.201. The van der Waals surface area contributed by atoms with Crippen molar-refractivity contribution in [1.82, 2.24) is 0 Å². The van der Waals surface area contributed by atoms with E-state index in [2.05, 4.69) is 13.8 Å². The average molecular weight is 243 g/mol. The van der Waals surface area contributed by atoms with Gasteiger partial charge < -0.3 is 9.84 Å². The van der Waals surface area contributed by atoms with E-state index in [1.165, 1.54) is 11.1 Å². The lowest BCUT2D eigenvalue weighted by Crippen LogP contribution is -2.02. The van der Waals surface area contributed by atoms with E-state index in [1.807, 2.05) is 12.1 Å². The lowest BCUT2D eigenvalue weighted by molar-refractivity contribution is 0.288. The summed E-state index contributed by atoms with van der Waals surface area (Å²) in [5.74, 6) is 1.23. The van der Waals surface area contributed by atoms with E-state index in [1.54, 1.807) is 7.11 Å². The molecular weight excluding hydrogens is 224 g/mol. The molecule has 3 heteroatoms. The molecule has 0 amide bonds. The maximum atomic E-state index is 8.89. The fraction of sp³-hybridized carbons (Fsp3) is 0.538. The third-order valence-electron chi connectivity index (χ3n) is 2.59. The topological polar surface area (TPSA) is 29.5 Å². The largest absolute Gasteiger partial charge is 0.496 e. The van der Waals surface area contributed by atoms with Crippen LogP contribution in [0.2, 0.25) is 5.02 Å². The first-order chi connectivity index (χ1) is 7.60. The van der Waals surface area contributed by atoms with Crippen LogP contribution in [0.15, 0.2) is 12.1 Å². The van der Waals surface area contributed by atoms with Crippen molar-refractivity contribution in [3.63, 3.8) is 0 Å². The minimum atomic E-state index is 0.201. The van der Waals surface area contributed by atoms with Crippen LogP contribution in [-0.4, -0.2) is 18.8 Å². The Morgan fingerprint density at radius 2 is 2.06 bits per heavy atom. The van der Waals surface area contributed by atoms with Crippen LogP contribution >= 0.6 is 11.6 Å². The summed E-state index contributed by atoms with van der Waals surface area (Å²) in [4.78, 5) is 0. The van der Waals surface area contributed by atoms with Gasteiger partial charge in [-0.3, -0.25) is 0 Å². The van der Waals surface area contributed by atoms with Gasteiger partial charge >= 0.3 is 0 Å². The molecule has 0 aromatic heterocycles. The molecule has 16 heavy (non-hydrogen) atoms. The molecule has 0 radical (unpaired) electrons. The molecule has 0 aliphatic carbocycles. The predicted octanol–water partition coefficient (Wildman–Crippen LogP) is 3.40. The van der Waals surface area contributed by atoms with Gasteiger partial charge in [-0.1, -0.05) is 25.4 Å². The fourth-order valence-corrected chi connectivity index (χ4v) is 2.18. The second kappa shape index (κ2) is 6.12. The van der Waals surface area contributed by atoms with Gasteiger partial charge in [-0.15, -0.1) is 0 Å². The molecule has 0 heterocycles. The van der Waals surface area contributed by atoms with Crippen molar-refractivity contribution < 1.29 is 9.84 Å². The van der Waals surface area contributed by atoms with Gasteiger partial charge in [0.25, 0.3) is 0 Å². The fourth-order valence-electron chi connectivity index (χ4n) is 1.95. The first-order valence-corrected chi connectivity index (χ1v) is 5.95. The van der Waals surface area contributed by atoms with Crippen LogP contribution in [0.1, 0.15) is 37.3 Å². The summed E-state index contributed by atoms with van der Waals surface area (Å²) < 4.78 is 5.36. The van der Waals surface area contributed by atoms with Gasteiger partial charge in [0, 0.05) is 11.6 Å². The van der Waals surface area contributed by atoms with Crippen molar-refractivity contribution in [1.29, 1.82) is 0 Å². The standard InChI is InChI=1S/C13H19ClO2/c1-9(2)13-10(5-4-6-15)7-11(14)8-12(13)16-3/h7-9,15H,4-6H2,1-3H3. The number of aryl methyl sites for hydroxylation is 1. The maximum Gasteiger partial charge on any atom is 0.124 e. The van der Waals surface area contributed by atoms with Gasteiger partial charge in [0.15, 0.2) is 0 Å². The van der Waals surface area contributed by atoms with E-state index in [9.17, 15) is 0 Å². The molecule has 0 saturated carbocycles. The Kier molecular flexibility index (Phi) is 5.10. The van der Waals surface area contributed by atoms with E-state index in [0.29, 0.717) is 10.9 Å². The molecule has 1 N–H and O–H groups in total. The van der Waals surface area contributed by atoms with Crippen molar-refractivity contribution in [2.45, 2.75) is 32.6 Å². The summed E-state index contributed by atoms with van der Waals surface area (Å²) in [7, 11) is 1.66. The van der Waals surface area contributed by atoms with Crippen LogP contribution in [0.3, 0.4) is 0 Å². The van der Waals surface area contributed by atoms with Crippen LogP contribution in [0, 0.1) is 0 Å². The summed E-state index contributed by atoms with van der Waals surface area (Å²) in [6.07, 6.45) is 1.59.